The lowest BCUT2D eigenvalue weighted by Gasteiger charge is -2.20. The molecule has 0 saturated carbocycles. The van der Waals surface area contributed by atoms with E-state index in [4.69, 9.17) is 0 Å². The molecule has 9 heteroatoms. The fourth-order valence-corrected chi connectivity index (χ4v) is 4.41. The molecule has 0 aromatic heterocycles. The van der Waals surface area contributed by atoms with Gasteiger partial charge in [0.1, 0.15) is 11.9 Å². The maximum atomic E-state index is 12.7. The van der Waals surface area contributed by atoms with Crippen LogP contribution in [0.1, 0.15) is 23.6 Å². The van der Waals surface area contributed by atoms with Crippen molar-refractivity contribution in [1.82, 2.24) is 9.62 Å². The van der Waals surface area contributed by atoms with Crippen molar-refractivity contribution in [2.24, 2.45) is 4.99 Å². The summed E-state index contributed by atoms with van der Waals surface area (Å²) in [6, 6.07) is 11.2. The Hall–Kier alpha value is -3.20. The molecule has 0 spiro atoms. The van der Waals surface area contributed by atoms with Gasteiger partial charge in [-0.15, -0.1) is 0 Å². The number of carbonyl (C=O) groups excluding carboxylic acids is 2. The monoisotopic (exact) mass is 428 g/mol. The van der Waals surface area contributed by atoms with Gasteiger partial charge in [0.15, 0.2) is 0 Å². The minimum Gasteiger partial charge on any atom is -0.335 e. The third kappa shape index (κ3) is 4.35. The standard InChI is InChI=1S/C21H24N4O4S/c1-13-8-7-10-17(14(13)2)23-19(26)12-25(4)21(27)15(3)22-20-16-9-5-6-11-18(16)30(28,29)24-20/h5-11,15H,12H2,1-4H3,(H,22,24)(H,23,26)/t15-/m0/s1. The number of rotatable bonds is 5. The fourth-order valence-electron chi connectivity index (χ4n) is 3.17. The van der Waals surface area contributed by atoms with Gasteiger partial charge >= 0.3 is 0 Å². The number of benzene rings is 2. The number of carbonyl (C=O) groups is 2. The van der Waals surface area contributed by atoms with Crippen molar-refractivity contribution in [3.63, 3.8) is 0 Å². The summed E-state index contributed by atoms with van der Waals surface area (Å²) < 4.78 is 26.7. The number of anilines is 1. The highest BCUT2D eigenvalue weighted by Crippen LogP contribution is 2.23. The first kappa shape index (κ1) is 21.5. The topological polar surface area (TPSA) is 108 Å². The zero-order chi connectivity index (χ0) is 22.1. The van der Waals surface area contributed by atoms with Gasteiger partial charge in [-0.2, -0.15) is 0 Å². The Bertz CT molecular complexity index is 1140. The minimum atomic E-state index is -3.68. The number of nitrogens with one attached hydrogen (secondary N) is 2. The lowest BCUT2D eigenvalue weighted by Crippen LogP contribution is -2.40. The van der Waals surface area contributed by atoms with E-state index in [1.54, 1.807) is 31.2 Å². The van der Waals surface area contributed by atoms with Crippen LogP contribution in [-0.2, 0) is 19.6 Å². The van der Waals surface area contributed by atoms with E-state index < -0.39 is 22.0 Å². The third-order valence-electron chi connectivity index (χ3n) is 4.98. The number of amides is 2. The van der Waals surface area contributed by atoms with E-state index in [0.717, 1.165) is 11.1 Å². The number of fused-ring (bicyclic) bond motifs is 1. The summed E-state index contributed by atoms with van der Waals surface area (Å²) in [5.41, 5.74) is 3.14. The van der Waals surface area contributed by atoms with E-state index >= 15 is 0 Å². The van der Waals surface area contributed by atoms with Gasteiger partial charge in [-0.05, 0) is 50.1 Å². The number of amidine groups is 1. The molecule has 158 valence electrons. The first-order valence-electron chi connectivity index (χ1n) is 9.41. The van der Waals surface area contributed by atoms with Gasteiger partial charge in [0.05, 0.1) is 11.4 Å². The highest BCUT2D eigenvalue weighted by molar-refractivity contribution is 7.90. The van der Waals surface area contributed by atoms with E-state index in [-0.39, 0.29) is 23.2 Å². The number of hydrogen-bond acceptors (Lipinski definition) is 5. The van der Waals surface area contributed by atoms with Gasteiger partial charge in [-0.25, -0.2) is 8.42 Å². The molecule has 30 heavy (non-hydrogen) atoms. The quantitative estimate of drug-likeness (QED) is 0.757. The molecule has 2 N–H and O–H groups in total. The molecule has 0 aliphatic carbocycles. The summed E-state index contributed by atoms with van der Waals surface area (Å²) in [6.45, 7) is 5.28. The van der Waals surface area contributed by atoms with Crippen LogP contribution in [0.5, 0.6) is 0 Å². The average Bonchev–Trinajstić information content (AvgIpc) is 2.95. The largest absolute Gasteiger partial charge is 0.335 e. The highest BCUT2D eigenvalue weighted by atomic mass is 32.2. The molecule has 1 heterocycles. The van der Waals surface area contributed by atoms with Crippen LogP contribution >= 0.6 is 0 Å². The molecule has 1 aliphatic heterocycles. The maximum Gasteiger partial charge on any atom is 0.263 e. The van der Waals surface area contributed by atoms with Crippen LogP contribution in [0.15, 0.2) is 52.4 Å². The van der Waals surface area contributed by atoms with Gasteiger partial charge in [0.25, 0.3) is 10.0 Å². The zero-order valence-corrected chi connectivity index (χ0v) is 18.1. The van der Waals surface area contributed by atoms with Crippen LogP contribution in [0, 0.1) is 13.8 Å². The molecule has 8 nitrogen and oxygen atoms in total. The van der Waals surface area contributed by atoms with Crippen LogP contribution in [0.2, 0.25) is 0 Å². The van der Waals surface area contributed by atoms with Gasteiger partial charge in [0.2, 0.25) is 11.8 Å². The smallest absolute Gasteiger partial charge is 0.263 e. The fraction of sp³-hybridized carbons (Fsp3) is 0.286. The minimum absolute atomic E-state index is 0.125. The molecule has 0 radical (unpaired) electrons. The van der Waals surface area contributed by atoms with Gasteiger partial charge in [0, 0.05) is 18.3 Å². The first-order chi connectivity index (χ1) is 14.1. The Kier molecular flexibility index (Phi) is 5.93. The molecule has 0 saturated heterocycles. The second kappa shape index (κ2) is 8.27. The summed E-state index contributed by atoms with van der Waals surface area (Å²) in [5, 5.41) is 2.81. The van der Waals surface area contributed by atoms with Gasteiger partial charge < -0.3 is 10.2 Å². The van der Waals surface area contributed by atoms with Crippen molar-refractivity contribution in [3.8, 4) is 0 Å². The number of aryl methyl sites for hydroxylation is 1. The summed E-state index contributed by atoms with van der Waals surface area (Å²) in [6.07, 6.45) is 0. The van der Waals surface area contributed by atoms with Crippen LogP contribution in [0.4, 0.5) is 5.69 Å². The van der Waals surface area contributed by atoms with Crippen molar-refractivity contribution in [2.75, 3.05) is 18.9 Å². The van der Waals surface area contributed by atoms with Crippen molar-refractivity contribution >= 4 is 33.4 Å². The second-order valence-corrected chi connectivity index (χ2v) is 8.90. The lowest BCUT2D eigenvalue weighted by molar-refractivity contribution is -0.134. The number of aliphatic imine (C=N–C) groups is 1. The maximum absolute atomic E-state index is 12.7. The molecule has 0 bridgehead atoms. The van der Waals surface area contributed by atoms with Crippen LogP contribution in [-0.4, -0.2) is 50.6 Å². The normalized spacial score (nSPS) is 16.5. The predicted molar refractivity (Wildman–Crippen MR) is 115 cm³/mol. The molecule has 1 aliphatic rings. The molecule has 0 fully saturated rings. The van der Waals surface area contributed by atoms with Crippen LogP contribution in [0.3, 0.4) is 0 Å². The first-order valence-corrected chi connectivity index (χ1v) is 10.9. The van der Waals surface area contributed by atoms with E-state index in [1.165, 1.54) is 18.0 Å². The number of likely N-dealkylation sites (N-methyl/N-ethyl adjacent to an activating group) is 1. The summed E-state index contributed by atoms with van der Waals surface area (Å²) in [4.78, 5) is 30.7. The van der Waals surface area contributed by atoms with Crippen molar-refractivity contribution in [2.45, 2.75) is 31.7 Å². The average molecular weight is 429 g/mol. The molecule has 2 aromatic carbocycles. The lowest BCUT2D eigenvalue weighted by atomic mass is 10.1. The van der Waals surface area contributed by atoms with E-state index in [2.05, 4.69) is 15.0 Å². The summed E-state index contributed by atoms with van der Waals surface area (Å²) in [7, 11) is -2.17. The Morgan fingerprint density at radius 2 is 1.83 bits per heavy atom. The SMILES string of the molecule is Cc1cccc(NC(=O)CN(C)C(=O)[C@H](C)N=C2NS(=O)(=O)c3ccccc32)c1C. The molecule has 0 unspecified atom stereocenters. The molecule has 3 rings (SSSR count). The Morgan fingerprint density at radius 3 is 2.57 bits per heavy atom. The van der Waals surface area contributed by atoms with Crippen molar-refractivity contribution < 1.29 is 18.0 Å². The summed E-state index contributed by atoms with van der Waals surface area (Å²) >= 11 is 0. The van der Waals surface area contributed by atoms with E-state index in [9.17, 15) is 18.0 Å². The molecule has 1 atom stereocenters. The number of hydrogen-bond donors (Lipinski definition) is 2. The van der Waals surface area contributed by atoms with Crippen molar-refractivity contribution in [1.29, 1.82) is 0 Å². The van der Waals surface area contributed by atoms with Crippen LogP contribution < -0.4 is 10.0 Å². The molecule has 2 amide bonds. The number of sulfonamides is 1. The molecular formula is C21H24N4O4S. The van der Waals surface area contributed by atoms with E-state index in [1.807, 2.05) is 26.0 Å². The highest BCUT2D eigenvalue weighted by Gasteiger charge is 2.31. The van der Waals surface area contributed by atoms with Crippen LogP contribution in [0.25, 0.3) is 0 Å². The Balaban J connectivity index is 1.68. The molecular weight excluding hydrogens is 404 g/mol. The Labute approximate surface area is 176 Å². The van der Waals surface area contributed by atoms with Crippen molar-refractivity contribution in [3.05, 3.63) is 59.2 Å². The second-order valence-electron chi connectivity index (χ2n) is 7.25. The van der Waals surface area contributed by atoms with E-state index in [0.29, 0.717) is 11.3 Å². The molecule has 2 aromatic rings. The Morgan fingerprint density at radius 1 is 1.13 bits per heavy atom. The van der Waals surface area contributed by atoms with Gasteiger partial charge in [-0.3, -0.25) is 19.3 Å². The zero-order valence-electron chi connectivity index (χ0n) is 17.3. The third-order valence-corrected chi connectivity index (χ3v) is 6.38. The number of nitrogens with zero attached hydrogens (tertiary/aromatic N) is 2. The summed E-state index contributed by atoms with van der Waals surface area (Å²) in [5.74, 6) is -0.604. The van der Waals surface area contributed by atoms with Gasteiger partial charge in [-0.1, -0.05) is 24.3 Å². The predicted octanol–water partition coefficient (Wildman–Crippen LogP) is 1.83.